The van der Waals surface area contributed by atoms with Crippen molar-refractivity contribution in [2.24, 2.45) is 0 Å². The molecule has 0 bridgehead atoms. The monoisotopic (exact) mass is 384 g/mol. The third kappa shape index (κ3) is 4.74. The fourth-order valence-corrected chi connectivity index (χ4v) is 2.84. The molecule has 150 valence electrons. The van der Waals surface area contributed by atoms with Gasteiger partial charge in [-0.3, -0.25) is 0 Å². The molecule has 0 aliphatic rings. The zero-order chi connectivity index (χ0) is 20.1. The van der Waals surface area contributed by atoms with E-state index in [0.29, 0.717) is 11.8 Å². The summed E-state index contributed by atoms with van der Waals surface area (Å²) in [7, 11) is 1.69. The number of tetrazole rings is 1. The van der Waals surface area contributed by atoms with Gasteiger partial charge in [-0.05, 0) is 48.2 Å². The van der Waals surface area contributed by atoms with Gasteiger partial charge in [0.25, 0.3) is 0 Å². The molecule has 28 heavy (non-hydrogen) atoms. The maximum absolute atomic E-state index is 5.67. The lowest BCUT2D eigenvalue weighted by atomic mass is 10.1. The van der Waals surface area contributed by atoms with Crippen LogP contribution in [-0.2, 0) is 12.8 Å². The fraction of sp³-hybridized carbons (Fsp3) is 0.550. The van der Waals surface area contributed by atoms with Crippen molar-refractivity contribution in [3.8, 4) is 11.4 Å². The normalized spacial score (nSPS) is 11.5. The van der Waals surface area contributed by atoms with Crippen molar-refractivity contribution >= 4 is 0 Å². The Morgan fingerprint density at radius 3 is 2.43 bits per heavy atom. The highest BCUT2D eigenvalue weighted by Gasteiger charge is 2.12. The maximum atomic E-state index is 5.67. The highest BCUT2D eigenvalue weighted by atomic mass is 16.5. The second-order valence-corrected chi connectivity index (χ2v) is 7.48. The summed E-state index contributed by atoms with van der Waals surface area (Å²) in [5, 5.41) is 20.9. The van der Waals surface area contributed by atoms with E-state index in [9.17, 15) is 0 Å². The van der Waals surface area contributed by atoms with E-state index in [4.69, 9.17) is 9.15 Å². The Balaban J connectivity index is 1.63. The van der Waals surface area contributed by atoms with Crippen LogP contribution in [0.5, 0.6) is 5.75 Å². The molecular weight excluding hydrogens is 356 g/mol. The quantitative estimate of drug-likeness (QED) is 0.517. The van der Waals surface area contributed by atoms with Crippen LogP contribution in [-0.4, -0.2) is 37.5 Å². The van der Waals surface area contributed by atoms with Crippen LogP contribution in [0.3, 0.4) is 0 Å². The first-order chi connectivity index (χ1) is 13.5. The van der Waals surface area contributed by atoms with Crippen molar-refractivity contribution in [2.45, 2.75) is 65.2 Å². The molecule has 8 nitrogen and oxygen atoms in total. The van der Waals surface area contributed by atoms with Gasteiger partial charge < -0.3 is 9.15 Å². The van der Waals surface area contributed by atoms with Crippen molar-refractivity contribution in [1.82, 2.24) is 30.4 Å². The van der Waals surface area contributed by atoms with Crippen LogP contribution in [0.15, 0.2) is 22.6 Å². The zero-order valence-corrected chi connectivity index (χ0v) is 17.2. The number of unbranched alkanes of at least 4 members (excludes halogenated alkanes) is 1. The molecule has 0 atom stereocenters. The minimum Gasteiger partial charge on any atom is -0.496 e. The van der Waals surface area contributed by atoms with E-state index in [1.165, 1.54) is 0 Å². The van der Waals surface area contributed by atoms with E-state index in [-0.39, 0.29) is 11.8 Å². The number of hydrogen-bond acceptors (Lipinski definition) is 7. The van der Waals surface area contributed by atoms with E-state index in [2.05, 4.69) is 31.7 Å². The number of nitrogens with zero attached hydrogens (tertiary/aromatic N) is 6. The van der Waals surface area contributed by atoms with Crippen LogP contribution in [0.25, 0.3) is 5.69 Å². The first-order valence-corrected chi connectivity index (χ1v) is 9.77. The molecule has 1 aromatic carbocycles. The minimum absolute atomic E-state index is 0.243. The smallest absolute Gasteiger partial charge is 0.219 e. The highest BCUT2D eigenvalue weighted by molar-refractivity contribution is 5.43. The molecule has 0 saturated heterocycles. The number of ether oxygens (including phenoxy) is 1. The number of methoxy groups -OCH3 is 1. The van der Waals surface area contributed by atoms with E-state index >= 15 is 0 Å². The van der Waals surface area contributed by atoms with Gasteiger partial charge in [-0.25, -0.2) is 0 Å². The van der Waals surface area contributed by atoms with Gasteiger partial charge in [0.05, 0.1) is 12.8 Å². The summed E-state index contributed by atoms with van der Waals surface area (Å²) in [6.07, 6.45) is 3.62. The molecule has 0 N–H and O–H groups in total. The molecule has 0 amide bonds. The zero-order valence-electron chi connectivity index (χ0n) is 17.2. The average Bonchev–Trinajstić information content (AvgIpc) is 3.35. The molecule has 0 fully saturated rings. The molecule has 2 aromatic heterocycles. The van der Waals surface area contributed by atoms with Gasteiger partial charge >= 0.3 is 0 Å². The molecule has 2 heterocycles. The average molecular weight is 384 g/mol. The molecule has 3 rings (SSSR count). The molecule has 0 aliphatic carbocycles. The Bertz CT molecular complexity index is 900. The van der Waals surface area contributed by atoms with Crippen LogP contribution in [0.4, 0.5) is 0 Å². The molecule has 3 aromatic rings. The molecule has 8 heteroatoms. The van der Waals surface area contributed by atoms with Gasteiger partial charge in [0.2, 0.25) is 11.8 Å². The van der Waals surface area contributed by atoms with Crippen molar-refractivity contribution in [3.63, 3.8) is 0 Å². The van der Waals surface area contributed by atoms with E-state index in [1.807, 2.05) is 39.8 Å². The topological polar surface area (TPSA) is 91.8 Å². The van der Waals surface area contributed by atoms with Gasteiger partial charge in [0.15, 0.2) is 5.82 Å². The SMILES string of the molecule is COc1ccc(-n2nnc(C(C)C)n2)cc1CCCCc1nnc(C(C)C)o1. The summed E-state index contributed by atoms with van der Waals surface area (Å²) in [5.41, 5.74) is 2.01. The third-order valence-corrected chi connectivity index (χ3v) is 4.50. The van der Waals surface area contributed by atoms with Crippen molar-refractivity contribution in [3.05, 3.63) is 41.4 Å². The summed E-state index contributed by atoms with van der Waals surface area (Å²) in [5.74, 6) is 3.51. The number of benzene rings is 1. The van der Waals surface area contributed by atoms with Gasteiger partial charge in [-0.2, -0.15) is 0 Å². The summed E-state index contributed by atoms with van der Waals surface area (Å²) in [6, 6.07) is 5.96. The highest BCUT2D eigenvalue weighted by Crippen LogP contribution is 2.24. The molecule has 0 spiro atoms. The Morgan fingerprint density at radius 2 is 1.79 bits per heavy atom. The van der Waals surface area contributed by atoms with Crippen molar-refractivity contribution in [2.75, 3.05) is 7.11 Å². The summed E-state index contributed by atoms with van der Waals surface area (Å²) in [4.78, 5) is 1.57. The summed E-state index contributed by atoms with van der Waals surface area (Å²) in [6.45, 7) is 8.19. The van der Waals surface area contributed by atoms with Crippen molar-refractivity contribution < 1.29 is 9.15 Å². The second-order valence-electron chi connectivity index (χ2n) is 7.48. The predicted molar refractivity (Wildman–Crippen MR) is 105 cm³/mol. The van der Waals surface area contributed by atoms with Gasteiger partial charge in [-0.15, -0.1) is 25.2 Å². The van der Waals surface area contributed by atoms with Crippen LogP contribution in [0, 0.1) is 0 Å². The maximum Gasteiger partial charge on any atom is 0.219 e. The number of aromatic nitrogens is 6. The lowest BCUT2D eigenvalue weighted by molar-refractivity contribution is 0.407. The summed E-state index contributed by atoms with van der Waals surface area (Å²) < 4.78 is 11.2. The Morgan fingerprint density at radius 1 is 1.00 bits per heavy atom. The first kappa shape index (κ1) is 20.0. The molecule has 0 radical (unpaired) electrons. The lowest BCUT2D eigenvalue weighted by Gasteiger charge is -2.10. The minimum atomic E-state index is 0.243. The van der Waals surface area contributed by atoms with Crippen LogP contribution < -0.4 is 4.74 Å². The number of hydrogen-bond donors (Lipinski definition) is 0. The predicted octanol–water partition coefficient (Wildman–Crippen LogP) is 3.87. The lowest BCUT2D eigenvalue weighted by Crippen LogP contribution is -2.02. The van der Waals surface area contributed by atoms with Gasteiger partial charge in [-0.1, -0.05) is 27.7 Å². The third-order valence-electron chi connectivity index (χ3n) is 4.50. The van der Waals surface area contributed by atoms with Crippen molar-refractivity contribution in [1.29, 1.82) is 0 Å². The van der Waals surface area contributed by atoms with Gasteiger partial charge in [0, 0.05) is 18.3 Å². The summed E-state index contributed by atoms with van der Waals surface area (Å²) >= 11 is 0. The van der Waals surface area contributed by atoms with Crippen LogP contribution in [0.2, 0.25) is 0 Å². The van der Waals surface area contributed by atoms with E-state index < -0.39 is 0 Å². The van der Waals surface area contributed by atoms with E-state index in [0.717, 1.165) is 48.5 Å². The second kappa shape index (κ2) is 8.95. The first-order valence-electron chi connectivity index (χ1n) is 9.77. The standard InChI is InChI=1S/C20H28N6O2/c1-13(2)19-22-25-26(24-19)16-10-11-17(27-5)15(12-16)8-6-7-9-18-21-23-20(28-18)14(3)4/h10-14H,6-9H2,1-5H3. The molecule has 0 unspecified atom stereocenters. The number of rotatable bonds is 9. The van der Waals surface area contributed by atoms with Crippen LogP contribution >= 0.6 is 0 Å². The largest absolute Gasteiger partial charge is 0.496 e. The Hall–Kier alpha value is -2.77. The molecular formula is C20H28N6O2. The fourth-order valence-electron chi connectivity index (χ4n) is 2.84. The Labute approximate surface area is 165 Å². The number of aryl methyl sites for hydroxylation is 2. The van der Waals surface area contributed by atoms with Gasteiger partial charge in [0.1, 0.15) is 5.75 Å². The van der Waals surface area contributed by atoms with E-state index in [1.54, 1.807) is 11.9 Å². The molecule has 0 aliphatic heterocycles. The van der Waals surface area contributed by atoms with Crippen LogP contribution in [0.1, 0.15) is 75.5 Å². The molecule has 0 saturated carbocycles. The Kier molecular flexibility index (Phi) is 6.38.